The molecule has 0 rings (SSSR count). The molecule has 0 fully saturated rings. The molecule has 0 aliphatic heterocycles. The fourth-order valence-corrected chi connectivity index (χ4v) is 0. The van der Waals surface area contributed by atoms with Crippen LogP contribution in [0.1, 0.15) is 2.85 Å². The zero-order valence-corrected chi connectivity index (χ0v) is 4.92. The SMILES string of the molecule is OB(O)O.[H-].[HH].[Na+]. The van der Waals surface area contributed by atoms with E-state index in [0.29, 0.717) is 0 Å². The molecule has 0 amide bonds. The summed E-state index contributed by atoms with van der Waals surface area (Å²) in [5.74, 6) is 0. The van der Waals surface area contributed by atoms with E-state index in [2.05, 4.69) is 0 Å². The Morgan fingerprint density at radius 3 is 1.40 bits per heavy atom. The molecule has 0 radical (unpaired) electrons. The molecule has 5 heavy (non-hydrogen) atoms. The summed E-state index contributed by atoms with van der Waals surface area (Å²) in [4.78, 5) is 0. The van der Waals surface area contributed by atoms with Gasteiger partial charge in [-0.2, -0.15) is 0 Å². The first-order chi connectivity index (χ1) is 1.73. The van der Waals surface area contributed by atoms with Gasteiger partial charge in [0.15, 0.2) is 0 Å². The zero-order chi connectivity index (χ0) is 3.58. The van der Waals surface area contributed by atoms with E-state index >= 15 is 0 Å². The molecule has 0 aliphatic rings. The van der Waals surface area contributed by atoms with Crippen LogP contribution in [-0.4, -0.2) is 22.4 Å². The molecule has 0 aromatic heterocycles. The second-order valence-corrected chi connectivity index (χ2v) is 0.346. The first kappa shape index (κ1) is 9.34. The number of hydrogen-bond acceptors (Lipinski definition) is 3. The Kier molecular flexibility index (Phi) is 9.24. The van der Waals surface area contributed by atoms with Crippen LogP contribution in [0, 0.1) is 0 Å². The van der Waals surface area contributed by atoms with E-state index in [0.717, 1.165) is 0 Å². The Morgan fingerprint density at radius 1 is 1.40 bits per heavy atom. The van der Waals surface area contributed by atoms with Crippen LogP contribution in [0.2, 0.25) is 0 Å². The first-order valence-electron chi connectivity index (χ1n) is 0.775. The monoisotopic (exact) mass is 88.0 g/mol. The Bertz CT molecular complexity index is 17.7. The minimum absolute atomic E-state index is 0. The molecule has 0 saturated heterocycles. The summed E-state index contributed by atoms with van der Waals surface area (Å²) in [5, 5.41) is 21.5. The molecule has 5 heteroatoms. The van der Waals surface area contributed by atoms with Gasteiger partial charge < -0.3 is 16.5 Å². The summed E-state index contributed by atoms with van der Waals surface area (Å²) in [6.45, 7) is 0. The van der Waals surface area contributed by atoms with Crippen LogP contribution in [0.4, 0.5) is 0 Å². The van der Waals surface area contributed by atoms with E-state index in [1.165, 1.54) is 0 Å². The van der Waals surface area contributed by atoms with Crippen LogP contribution in [0.5, 0.6) is 0 Å². The fourth-order valence-electron chi connectivity index (χ4n) is 0. The van der Waals surface area contributed by atoms with E-state index < -0.39 is 7.32 Å². The predicted molar refractivity (Wildman–Crippen MR) is 15.6 cm³/mol. The van der Waals surface area contributed by atoms with Crippen molar-refractivity contribution < 1.29 is 47.5 Å². The van der Waals surface area contributed by atoms with Gasteiger partial charge in [0.05, 0.1) is 0 Å². The second kappa shape index (κ2) is 4.94. The fraction of sp³-hybridized carbons (Fsp3) is 0. The van der Waals surface area contributed by atoms with Gasteiger partial charge >= 0.3 is 36.9 Å². The smallest absolute Gasteiger partial charge is 1.00 e. The van der Waals surface area contributed by atoms with Crippen molar-refractivity contribution in [2.24, 2.45) is 0 Å². The molecule has 3 N–H and O–H groups in total. The van der Waals surface area contributed by atoms with Crippen LogP contribution >= 0.6 is 0 Å². The van der Waals surface area contributed by atoms with Crippen molar-refractivity contribution in [1.29, 1.82) is 0 Å². The summed E-state index contributed by atoms with van der Waals surface area (Å²) in [5.41, 5.74) is 0. The van der Waals surface area contributed by atoms with Crippen LogP contribution in [0.25, 0.3) is 0 Å². The second-order valence-electron chi connectivity index (χ2n) is 0.346. The number of rotatable bonds is 0. The van der Waals surface area contributed by atoms with Gasteiger partial charge in [-0.05, 0) is 0 Å². The first-order valence-corrected chi connectivity index (χ1v) is 0.775. The van der Waals surface area contributed by atoms with Crippen LogP contribution in [0.15, 0.2) is 0 Å². The van der Waals surface area contributed by atoms with Gasteiger partial charge in [-0.1, -0.05) is 0 Å². The summed E-state index contributed by atoms with van der Waals surface area (Å²) >= 11 is 0. The van der Waals surface area contributed by atoms with Crippen molar-refractivity contribution in [1.82, 2.24) is 0 Å². The molecule has 0 unspecified atom stereocenters. The zero-order valence-electron chi connectivity index (χ0n) is 3.92. The standard InChI is InChI=1S/BH3O3.Na.H2.H/c2-1(3)4;;;/h2-4H;;1H;/q;+1;;-1. The van der Waals surface area contributed by atoms with Crippen molar-refractivity contribution >= 4 is 7.32 Å². The maximum atomic E-state index is 7.17. The Balaban J connectivity index is -0.0000000150. The third kappa shape index (κ3) is 48.0. The quantitative estimate of drug-likeness (QED) is 0.261. The molecule has 0 aromatic carbocycles. The topological polar surface area (TPSA) is 60.7 Å². The number of hydrogen-bond donors (Lipinski definition) is 3. The third-order valence-corrected chi connectivity index (χ3v) is 0. The average molecular weight is 87.8 g/mol. The molecule has 0 aromatic rings. The van der Waals surface area contributed by atoms with Gasteiger partial charge in [0, 0.05) is 1.43 Å². The molecule has 0 heterocycles. The van der Waals surface area contributed by atoms with Crippen LogP contribution in [-0.2, 0) is 0 Å². The Hall–Kier alpha value is 0.945. The molecule has 0 bridgehead atoms. The van der Waals surface area contributed by atoms with E-state index in [4.69, 9.17) is 15.1 Å². The largest absolute Gasteiger partial charge is 1.00 e. The summed E-state index contributed by atoms with van der Waals surface area (Å²) < 4.78 is 0. The van der Waals surface area contributed by atoms with E-state index in [1.807, 2.05) is 0 Å². The minimum atomic E-state index is -2.17. The molecular formula is H6BNaO3. The van der Waals surface area contributed by atoms with E-state index in [1.54, 1.807) is 0 Å². The van der Waals surface area contributed by atoms with Gasteiger partial charge in [-0.15, -0.1) is 0 Å². The average Bonchev–Trinajstić information content (AvgIpc) is 0.811. The molecule has 0 atom stereocenters. The normalized spacial score (nSPS) is 5.40. The van der Waals surface area contributed by atoms with E-state index in [9.17, 15) is 0 Å². The van der Waals surface area contributed by atoms with Gasteiger partial charge in [-0.25, -0.2) is 0 Å². The molecule has 0 spiro atoms. The van der Waals surface area contributed by atoms with Crippen molar-refractivity contribution in [2.45, 2.75) is 0 Å². The van der Waals surface area contributed by atoms with Crippen LogP contribution in [0.3, 0.4) is 0 Å². The maximum absolute atomic E-state index is 7.17. The third-order valence-electron chi connectivity index (χ3n) is 0. The molecule has 28 valence electrons. The van der Waals surface area contributed by atoms with E-state index in [-0.39, 0.29) is 32.4 Å². The van der Waals surface area contributed by atoms with Gasteiger partial charge in [0.25, 0.3) is 0 Å². The van der Waals surface area contributed by atoms with Gasteiger partial charge in [0.2, 0.25) is 0 Å². The van der Waals surface area contributed by atoms with Gasteiger partial charge in [-0.3, -0.25) is 0 Å². The van der Waals surface area contributed by atoms with Crippen molar-refractivity contribution in [2.75, 3.05) is 0 Å². The van der Waals surface area contributed by atoms with Gasteiger partial charge in [0.1, 0.15) is 0 Å². The molecular weight excluding hydrogens is 81.8 g/mol. The Morgan fingerprint density at radius 2 is 1.40 bits per heavy atom. The summed E-state index contributed by atoms with van der Waals surface area (Å²) in [7, 11) is -2.17. The Labute approximate surface area is 55.1 Å². The predicted octanol–water partition coefficient (Wildman–Crippen LogP) is -4.69. The molecule has 3 nitrogen and oxygen atoms in total. The molecule has 0 saturated carbocycles. The van der Waals surface area contributed by atoms with Crippen LogP contribution < -0.4 is 29.6 Å². The minimum Gasteiger partial charge on any atom is -1.00 e. The molecule has 0 aliphatic carbocycles. The summed E-state index contributed by atoms with van der Waals surface area (Å²) in [6, 6.07) is 0. The summed E-state index contributed by atoms with van der Waals surface area (Å²) in [6.07, 6.45) is 0. The van der Waals surface area contributed by atoms with Crippen molar-refractivity contribution in [3.63, 3.8) is 0 Å². The van der Waals surface area contributed by atoms with Crippen molar-refractivity contribution in [3.05, 3.63) is 0 Å². The maximum Gasteiger partial charge on any atom is 1.00 e. The van der Waals surface area contributed by atoms with Crippen molar-refractivity contribution in [3.8, 4) is 0 Å².